The Balaban J connectivity index is 1.84. The van der Waals surface area contributed by atoms with Gasteiger partial charge in [0.05, 0.1) is 24.6 Å². The van der Waals surface area contributed by atoms with Crippen LogP contribution >= 0.6 is 0 Å². The normalized spacial score (nSPS) is 25.2. The highest BCUT2D eigenvalue weighted by Crippen LogP contribution is 2.35. The smallest absolute Gasteiger partial charge is 0.178 e. The van der Waals surface area contributed by atoms with E-state index >= 15 is 0 Å². The van der Waals surface area contributed by atoms with Gasteiger partial charge in [0, 0.05) is 18.8 Å². The fraction of sp³-hybridized carbons (Fsp3) is 0.400. The molecule has 4 rings (SSSR count). The molecule has 3 aliphatic rings. The largest absolute Gasteiger partial charge is 0.378 e. The number of aliphatic imine (C=N–C) groups is 1. The second-order valence-corrected chi connectivity index (χ2v) is 11.4. The summed E-state index contributed by atoms with van der Waals surface area (Å²) < 4.78 is 5.49. The number of allylic oxidation sites excluding steroid dienone is 4. The summed E-state index contributed by atoms with van der Waals surface area (Å²) in [7, 11) is -1.96. The molecule has 0 N–H and O–H groups in total. The minimum absolute atomic E-state index is 0.0940. The summed E-state index contributed by atoms with van der Waals surface area (Å²) in [5.74, 6) is 0.0940. The molecule has 1 fully saturated rings. The van der Waals surface area contributed by atoms with Crippen LogP contribution in [-0.4, -0.2) is 45.9 Å². The molecule has 0 amide bonds. The van der Waals surface area contributed by atoms with E-state index in [9.17, 15) is 4.79 Å². The summed E-state index contributed by atoms with van der Waals surface area (Å²) in [5, 5.41) is 2.57. The number of rotatable bonds is 3. The lowest BCUT2D eigenvalue weighted by Crippen LogP contribution is -2.52. The van der Waals surface area contributed by atoms with Gasteiger partial charge in [-0.25, -0.2) is 4.99 Å². The van der Waals surface area contributed by atoms with Crippen LogP contribution in [0.1, 0.15) is 13.3 Å². The van der Waals surface area contributed by atoms with Crippen LogP contribution in [0.15, 0.2) is 46.6 Å². The van der Waals surface area contributed by atoms with Gasteiger partial charge in [0.15, 0.2) is 5.78 Å². The van der Waals surface area contributed by atoms with Crippen LogP contribution in [0, 0.1) is 0 Å². The van der Waals surface area contributed by atoms with Gasteiger partial charge in [-0.3, -0.25) is 4.79 Å². The zero-order valence-corrected chi connectivity index (χ0v) is 15.9. The first kappa shape index (κ1) is 16.5. The molecule has 1 aliphatic carbocycles. The van der Waals surface area contributed by atoms with Gasteiger partial charge >= 0.3 is 0 Å². The first-order valence-corrected chi connectivity index (χ1v) is 11.8. The maximum absolute atomic E-state index is 12.0. The summed E-state index contributed by atoms with van der Waals surface area (Å²) in [5.41, 5.74) is 3.34. The minimum Gasteiger partial charge on any atom is -0.378 e. The first-order valence-electron chi connectivity index (χ1n) is 9.12. The number of nitrogens with zero attached hydrogens (tertiary/aromatic N) is 2. The lowest BCUT2D eigenvalue weighted by atomic mass is 10.1. The number of carbonyl (C=O) groups is 1. The molecule has 4 nitrogen and oxygen atoms in total. The Morgan fingerprint density at radius 2 is 2.04 bits per heavy atom. The summed E-state index contributed by atoms with van der Waals surface area (Å²) in [6, 6.07) is 7.82. The second kappa shape index (κ2) is 6.39. The van der Waals surface area contributed by atoms with Gasteiger partial charge in [-0.05, 0) is 52.9 Å². The van der Waals surface area contributed by atoms with Crippen molar-refractivity contribution >= 4 is 36.1 Å². The predicted molar refractivity (Wildman–Crippen MR) is 105 cm³/mol. The van der Waals surface area contributed by atoms with E-state index in [1.54, 1.807) is 6.08 Å². The van der Waals surface area contributed by atoms with Crippen LogP contribution in [-0.2, 0) is 9.53 Å². The molecular weight excluding hydrogens is 328 g/mol. The van der Waals surface area contributed by atoms with Gasteiger partial charge in [0.25, 0.3) is 0 Å². The lowest BCUT2D eigenvalue weighted by molar-refractivity contribution is -0.110. The summed E-state index contributed by atoms with van der Waals surface area (Å²) >= 11 is 0. The fourth-order valence-electron chi connectivity index (χ4n) is 4.18. The molecule has 25 heavy (non-hydrogen) atoms. The number of ether oxygens (including phenoxy) is 1. The molecule has 1 aromatic carbocycles. The topological polar surface area (TPSA) is 41.9 Å². The van der Waals surface area contributed by atoms with Crippen LogP contribution < -0.4 is 10.1 Å². The Labute approximate surface area is 149 Å². The van der Waals surface area contributed by atoms with E-state index in [0.717, 1.165) is 50.2 Å². The molecule has 0 radical (unpaired) electrons. The molecule has 1 saturated heterocycles. The van der Waals surface area contributed by atoms with Crippen LogP contribution in [0.25, 0.3) is 0 Å². The van der Waals surface area contributed by atoms with Gasteiger partial charge in [-0.1, -0.05) is 19.9 Å². The van der Waals surface area contributed by atoms with Crippen molar-refractivity contribution in [3.8, 4) is 0 Å². The number of fused-ring (bicyclic) bond motifs is 2. The molecule has 2 aliphatic heterocycles. The van der Waals surface area contributed by atoms with Crippen molar-refractivity contribution in [2.45, 2.75) is 25.9 Å². The van der Waals surface area contributed by atoms with Gasteiger partial charge in [-0.15, -0.1) is 0 Å². The number of anilines is 1. The highest BCUT2D eigenvalue weighted by Gasteiger charge is 2.41. The Morgan fingerprint density at radius 3 is 2.80 bits per heavy atom. The number of hydrogen-bond donors (Lipinski definition) is 0. The SMILES string of the molecule is CCC[Si]1(C)C2=CC(=O)C=CC2=Nc2ccc(N3CCOCC3)cc21. The van der Waals surface area contributed by atoms with Crippen LogP contribution in [0.5, 0.6) is 0 Å². The van der Waals surface area contributed by atoms with E-state index in [0.29, 0.717) is 0 Å². The first-order chi connectivity index (χ1) is 12.1. The molecule has 0 spiro atoms. The fourth-order valence-corrected chi connectivity index (χ4v) is 8.35. The summed E-state index contributed by atoms with van der Waals surface area (Å²) in [6.45, 7) is 8.06. The van der Waals surface area contributed by atoms with Crippen LogP contribution in [0.2, 0.25) is 12.6 Å². The molecule has 0 saturated carbocycles. The monoisotopic (exact) mass is 352 g/mol. The third-order valence-corrected chi connectivity index (χ3v) is 10.2. The maximum atomic E-state index is 12.0. The zero-order valence-electron chi connectivity index (χ0n) is 14.9. The van der Waals surface area contributed by atoms with Crippen molar-refractivity contribution in [1.29, 1.82) is 0 Å². The van der Waals surface area contributed by atoms with Crippen molar-refractivity contribution in [2.75, 3.05) is 31.2 Å². The molecule has 2 heterocycles. The summed E-state index contributed by atoms with van der Waals surface area (Å²) in [4.78, 5) is 19.3. The number of benzene rings is 1. The Hall–Kier alpha value is -1.98. The number of hydrogen-bond acceptors (Lipinski definition) is 4. The number of morpholine rings is 1. The van der Waals surface area contributed by atoms with Gasteiger partial charge < -0.3 is 9.64 Å². The van der Waals surface area contributed by atoms with Crippen molar-refractivity contribution in [2.24, 2.45) is 4.99 Å². The highest BCUT2D eigenvalue weighted by atomic mass is 28.3. The van der Waals surface area contributed by atoms with E-state index in [1.807, 2.05) is 12.2 Å². The third kappa shape index (κ3) is 2.81. The van der Waals surface area contributed by atoms with Gasteiger partial charge in [-0.2, -0.15) is 0 Å². The van der Waals surface area contributed by atoms with Crippen molar-refractivity contribution < 1.29 is 9.53 Å². The van der Waals surface area contributed by atoms with E-state index in [2.05, 4.69) is 36.6 Å². The molecular formula is C20H24N2O2Si. The Morgan fingerprint density at radius 1 is 1.24 bits per heavy atom. The average molecular weight is 353 g/mol. The Bertz CT molecular complexity index is 806. The molecule has 5 heteroatoms. The molecule has 1 atom stereocenters. The van der Waals surface area contributed by atoms with Gasteiger partial charge in [0.2, 0.25) is 0 Å². The maximum Gasteiger partial charge on any atom is 0.178 e. The van der Waals surface area contributed by atoms with Crippen LogP contribution in [0.4, 0.5) is 11.4 Å². The van der Waals surface area contributed by atoms with Crippen LogP contribution in [0.3, 0.4) is 0 Å². The van der Waals surface area contributed by atoms with E-state index in [-0.39, 0.29) is 5.78 Å². The zero-order chi connectivity index (χ0) is 17.4. The van der Waals surface area contributed by atoms with E-state index in [1.165, 1.54) is 16.1 Å². The predicted octanol–water partition coefficient (Wildman–Crippen LogP) is 2.91. The minimum atomic E-state index is -1.96. The average Bonchev–Trinajstić information content (AvgIpc) is 2.64. The van der Waals surface area contributed by atoms with Crippen molar-refractivity contribution in [1.82, 2.24) is 0 Å². The molecule has 130 valence electrons. The highest BCUT2D eigenvalue weighted by molar-refractivity contribution is 7.02. The van der Waals surface area contributed by atoms with Gasteiger partial charge in [0.1, 0.15) is 8.07 Å². The lowest BCUT2D eigenvalue weighted by Gasteiger charge is -2.37. The molecule has 1 aromatic rings. The van der Waals surface area contributed by atoms with Crippen molar-refractivity contribution in [3.63, 3.8) is 0 Å². The van der Waals surface area contributed by atoms with E-state index < -0.39 is 8.07 Å². The quantitative estimate of drug-likeness (QED) is 0.620. The standard InChI is InChI=1S/C20H24N2O2Si/c1-3-12-25(2)19-13-15(22-8-10-24-11-9-22)4-6-17(19)21-18-7-5-16(23)14-20(18)25/h4-7,13-14H,3,8-12H2,1-2H3. The summed E-state index contributed by atoms with van der Waals surface area (Å²) in [6.07, 6.45) is 6.49. The molecule has 0 bridgehead atoms. The second-order valence-electron chi connectivity index (χ2n) is 7.17. The third-order valence-electron chi connectivity index (χ3n) is 5.50. The van der Waals surface area contributed by atoms with E-state index in [4.69, 9.17) is 9.73 Å². The number of carbonyl (C=O) groups excluding carboxylic acids is 1. The van der Waals surface area contributed by atoms with Crippen molar-refractivity contribution in [3.05, 3.63) is 41.6 Å². The Kier molecular flexibility index (Phi) is 4.21. The molecule has 1 unspecified atom stereocenters. The molecule has 0 aromatic heterocycles. The number of ketones is 1.